The predicted octanol–water partition coefficient (Wildman–Crippen LogP) is 3.51. The number of nitrogens with two attached hydrogens (primary N) is 1. The topological polar surface area (TPSA) is 171 Å². The fourth-order valence-corrected chi connectivity index (χ4v) is 4.47. The molecule has 3 rings (SSSR count). The maximum absolute atomic E-state index is 14.0. The maximum atomic E-state index is 14.0. The van der Waals surface area contributed by atoms with E-state index in [2.05, 4.69) is 10.6 Å². The number of nitrogens with zero attached hydrogens (tertiary/aromatic N) is 1. The number of rotatable bonds is 11. The Morgan fingerprint density at radius 3 is 2.31 bits per heavy atom. The Kier molecular flexibility index (Phi) is 10.5. The molecular formula is C31H38N4O7. The number of anilines is 1. The SMILES string of the molecule is Cc1cc(C(C(=O)Nc2ccc3ccccc3c2)N(CCO)C(=O)C(CCC(N)=O)NC(=O)OC(C)(C)C)ccc1O. The number of phenolic OH excluding ortho intramolecular Hbond substituents is 1. The monoisotopic (exact) mass is 578 g/mol. The minimum atomic E-state index is -1.30. The number of benzene rings is 3. The summed E-state index contributed by atoms with van der Waals surface area (Å²) in [5.74, 6) is -2.02. The number of aliphatic hydroxyl groups excluding tert-OH is 1. The first-order chi connectivity index (χ1) is 19.8. The lowest BCUT2D eigenvalue weighted by atomic mass is 9.99. The molecule has 0 aromatic heterocycles. The summed E-state index contributed by atoms with van der Waals surface area (Å²) in [5.41, 5.74) is 5.76. The molecule has 224 valence electrons. The summed E-state index contributed by atoms with van der Waals surface area (Å²) in [6.45, 7) is 5.84. The molecule has 0 bridgehead atoms. The highest BCUT2D eigenvalue weighted by Crippen LogP contribution is 2.29. The summed E-state index contributed by atoms with van der Waals surface area (Å²) in [6, 6.07) is 14.9. The van der Waals surface area contributed by atoms with Crippen LogP contribution in [0.3, 0.4) is 0 Å². The summed E-state index contributed by atoms with van der Waals surface area (Å²) < 4.78 is 5.31. The van der Waals surface area contributed by atoms with Crippen molar-refractivity contribution in [2.24, 2.45) is 5.73 Å². The van der Waals surface area contributed by atoms with Crippen molar-refractivity contribution in [1.29, 1.82) is 0 Å². The molecule has 11 heteroatoms. The summed E-state index contributed by atoms with van der Waals surface area (Å²) >= 11 is 0. The molecule has 0 aliphatic heterocycles. The summed E-state index contributed by atoms with van der Waals surface area (Å²) in [7, 11) is 0. The van der Waals surface area contributed by atoms with Crippen LogP contribution in [-0.4, -0.2) is 63.7 Å². The van der Waals surface area contributed by atoms with Gasteiger partial charge in [-0.05, 0) is 80.3 Å². The molecule has 2 unspecified atom stereocenters. The Hall–Kier alpha value is -4.64. The van der Waals surface area contributed by atoms with Gasteiger partial charge < -0.3 is 36.2 Å². The molecule has 0 radical (unpaired) electrons. The average molecular weight is 579 g/mol. The van der Waals surface area contributed by atoms with Crippen molar-refractivity contribution in [3.05, 3.63) is 71.8 Å². The van der Waals surface area contributed by atoms with E-state index in [0.717, 1.165) is 15.7 Å². The standard InChI is InChI=1S/C31H38N4O7/c1-19-17-22(10-13-25(19)37)27(28(39)33-23-11-9-20-7-5-6-8-21(20)18-23)35(15-16-36)29(40)24(12-14-26(32)38)34-30(41)42-31(2,3)4/h5-11,13,17-18,24,27,36-37H,12,14-16H2,1-4H3,(H2,32,38)(H,33,39)(H,34,41). The van der Waals surface area contributed by atoms with Crippen LogP contribution in [0.25, 0.3) is 10.8 Å². The van der Waals surface area contributed by atoms with Crippen LogP contribution in [0.1, 0.15) is 50.8 Å². The first kappa shape index (κ1) is 31.9. The van der Waals surface area contributed by atoms with Gasteiger partial charge in [0, 0.05) is 18.7 Å². The molecule has 0 aliphatic rings. The van der Waals surface area contributed by atoms with Gasteiger partial charge in [-0.25, -0.2) is 4.79 Å². The average Bonchev–Trinajstić information content (AvgIpc) is 2.91. The molecule has 0 spiro atoms. The number of nitrogens with one attached hydrogen (secondary N) is 2. The van der Waals surface area contributed by atoms with E-state index in [1.54, 1.807) is 45.9 Å². The second-order valence-electron chi connectivity index (χ2n) is 11.0. The van der Waals surface area contributed by atoms with Crippen molar-refractivity contribution in [3.63, 3.8) is 0 Å². The largest absolute Gasteiger partial charge is 0.508 e. The molecule has 6 N–H and O–H groups in total. The number of amides is 4. The molecule has 0 aliphatic carbocycles. The Balaban J connectivity index is 2.03. The lowest BCUT2D eigenvalue weighted by Crippen LogP contribution is -2.53. The minimum absolute atomic E-state index is 0.00148. The number of aryl methyl sites for hydroxylation is 1. The molecular weight excluding hydrogens is 540 g/mol. The van der Waals surface area contributed by atoms with E-state index in [1.165, 1.54) is 12.1 Å². The Morgan fingerprint density at radius 1 is 1.00 bits per heavy atom. The molecule has 42 heavy (non-hydrogen) atoms. The Bertz CT molecular complexity index is 1450. The molecule has 0 saturated heterocycles. The number of phenols is 1. The van der Waals surface area contributed by atoms with Gasteiger partial charge in [0.2, 0.25) is 11.8 Å². The lowest BCUT2D eigenvalue weighted by molar-refractivity contribution is -0.141. The van der Waals surface area contributed by atoms with Crippen LogP contribution in [0.15, 0.2) is 60.7 Å². The van der Waals surface area contributed by atoms with Crippen LogP contribution in [-0.2, 0) is 19.1 Å². The van der Waals surface area contributed by atoms with Crippen molar-refractivity contribution < 1.29 is 34.1 Å². The quantitative estimate of drug-likeness (QED) is 0.232. The normalized spacial score (nSPS) is 12.7. The molecule has 0 fully saturated rings. The highest BCUT2D eigenvalue weighted by atomic mass is 16.6. The minimum Gasteiger partial charge on any atom is -0.508 e. The lowest BCUT2D eigenvalue weighted by Gasteiger charge is -2.34. The first-order valence-electron chi connectivity index (χ1n) is 13.6. The van der Waals surface area contributed by atoms with E-state index in [9.17, 15) is 29.4 Å². The zero-order valence-electron chi connectivity index (χ0n) is 24.2. The second-order valence-corrected chi connectivity index (χ2v) is 11.0. The highest BCUT2D eigenvalue weighted by Gasteiger charge is 2.36. The van der Waals surface area contributed by atoms with Gasteiger partial charge in [-0.15, -0.1) is 0 Å². The highest BCUT2D eigenvalue weighted by molar-refractivity contribution is 6.00. The van der Waals surface area contributed by atoms with E-state index >= 15 is 0 Å². The third-order valence-corrected chi connectivity index (χ3v) is 6.41. The van der Waals surface area contributed by atoms with Gasteiger partial charge in [0.25, 0.3) is 5.91 Å². The smallest absolute Gasteiger partial charge is 0.408 e. The van der Waals surface area contributed by atoms with Crippen molar-refractivity contribution in [3.8, 4) is 5.75 Å². The number of aromatic hydroxyl groups is 1. The molecule has 0 heterocycles. The number of aliphatic hydroxyl groups is 1. The van der Waals surface area contributed by atoms with E-state index < -0.39 is 48.1 Å². The third-order valence-electron chi connectivity index (χ3n) is 6.41. The van der Waals surface area contributed by atoms with E-state index in [4.69, 9.17) is 10.5 Å². The van der Waals surface area contributed by atoms with E-state index in [1.807, 2.05) is 30.3 Å². The van der Waals surface area contributed by atoms with E-state index in [0.29, 0.717) is 16.8 Å². The number of hydrogen-bond acceptors (Lipinski definition) is 7. The summed E-state index contributed by atoms with van der Waals surface area (Å²) in [5, 5.41) is 27.3. The number of alkyl carbamates (subject to hydrolysis) is 1. The number of ether oxygens (including phenoxy) is 1. The Labute approximate surface area is 244 Å². The zero-order valence-corrected chi connectivity index (χ0v) is 24.2. The number of carbonyl (C=O) groups excluding carboxylic acids is 4. The van der Waals surface area contributed by atoms with Crippen molar-refractivity contribution in [2.45, 2.75) is 58.2 Å². The summed E-state index contributed by atoms with van der Waals surface area (Å²) in [6.07, 6.45) is -1.29. The number of carbonyl (C=O) groups is 4. The molecule has 0 saturated carbocycles. The van der Waals surface area contributed by atoms with E-state index in [-0.39, 0.29) is 25.1 Å². The van der Waals surface area contributed by atoms with Crippen LogP contribution in [0, 0.1) is 6.92 Å². The number of hydrogen-bond donors (Lipinski definition) is 5. The van der Waals surface area contributed by atoms with Gasteiger partial charge in [-0.1, -0.05) is 36.4 Å². The fourth-order valence-electron chi connectivity index (χ4n) is 4.47. The van der Waals surface area contributed by atoms with Gasteiger partial charge in [-0.2, -0.15) is 0 Å². The molecule has 2 atom stereocenters. The first-order valence-corrected chi connectivity index (χ1v) is 13.6. The molecule has 3 aromatic rings. The number of primary amides is 1. The molecule has 4 amide bonds. The van der Waals surface area contributed by atoms with Crippen LogP contribution in [0.4, 0.5) is 10.5 Å². The van der Waals surface area contributed by atoms with Crippen molar-refractivity contribution in [2.75, 3.05) is 18.5 Å². The Morgan fingerprint density at radius 2 is 1.69 bits per heavy atom. The van der Waals surface area contributed by atoms with Gasteiger partial charge in [-0.3, -0.25) is 14.4 Å². The predicted molar refractivity (Wildman–Crippen MR) is 159 cm³/mol. The van der Waals surface area contributed by atoms with Crippen molar-refractivity contribution >= 4 is 40.3 Å². The van der Waals surface area contributed by atoms with Crippen molar-refractivity contribution in [1.82, 2.24) is 10.2 Å². The second kappa shape index (κ2) is 13.8. The van der Waals surface area contributed by atoms with Gasteiger partial charge in [0.15, 0.2) is 0 Å². The third kappa shape index (κ3) is 8.68. The van der Waals surface area contributed by atoms with Gasteiger partial charge in [0.1, 0.15) is 23.4 Å². The zero-order chi connectivity index (χ0) is 31.0. The number of fused-ring (bicyclic) bond motifs is 1. The summed E-state index contributed by atoms with van der Waals surface area (Å²) in [4.78, 5) is 53.3. The van der Waals surface area contributed by atoms with Crippen LogP contribution in [0.5, 0.6) is 5.75 Å². The van der Waals surface area contributed by atoms with Crippen LogP contribution >= 0.6 is 0 Å². The maximum Gasteiger partial charge on any atom is 0.408 e. The molecule has 11 nitrogen and oxygen atoms in total. The van der Waals surface area contributed by atoms with Gasteiger partial charge in [0.05, 0.1) is 6.61 Å². The van der Waals surface area contributed by atoms with Crippen LogP contribution < -0.4 is 16.4 Å². The molecule has 3 aromatic carbocycles. The van der Waals surface area contributed by atoms with Gasteiger partial charge >= 0.3 is 6.09 Å². The fraction of sp³-hybridized carbons (Fsp3) is 0.355. The van der Waals surface area contributed by atoms with Crippen LogP contribution in [0.2, 0.25) is 0 Å².